The third-order valence-corrected chi connectivity index (χ3v) is 4.23. The molecule has 0 saturated carbocycles. The van der Waals surface area contributed by atoms with Gasteiger partial charge in [0.25, 0.3) is 0 Å². The van der Waals surface area contributed by atoms with Gasteiger partial charge in [0, 0.05) is 44.6 Å². The molecule has 2 saturated heterocycles. The Kier molecular flexibility index (Phi) is 5.17. The lowest BCUT2D eigenvalue weighted by atomic mass is 10.1. The zero-order valence-corrected chi connectivity index (χ0v) is 12.8. The Hall–Kier alpha value is -1.04. The minimum Gasteiger partial charge on any atom is -0.380 e. The van der Waals surface area contributed by atoms with Gasteiger partial charge in [-0.3, -0.25) is 4.90 Å². The van der Waals surface area contributed by atoms with Gasteiger partial charge in [-0.2, -0.15) is 0 Å². The van der Waals surface area contributed by atoms with Gasteiger partial charge in [0.2, 0.25) is 0 Å². The summed E-state index contributed by atoms with van der Waals surface area (Å²) in [4.78, 5) is 11.3. The summed E-state index contributed by atoms with van der Waals surface area (Å²) >= 11 is 0. The number of ether oxygens (including phenoxy) is 2. The van der Waals surface area contributed by atoms with E-state index in [0.717, 1.165) is 70.0 Å². The van der Waals surface area contributed by atoms with Crippen LogP contribution in [0.4, 0.5) is 0 Å². The molecule has 21 heavy (non-hydrogen) atoms. The average molecular weight is 291 g/mol. The zero-order valence-electron chi connectivity index (χ0n) is 12.8. The highest BCUT2D eigenvalue weighted by atomic mass is 16.5. The fourth-order valence-corrected chi connectivity index (χ4v) is 3.14. The number of rotatable bonds is 4. The van der Waals surface area contributed by atoms with Crippen LogP contribution in [-0.4, -0.2) is 59.9 Å². The minimum atomic E-state index is 0.278. The Morgan fingerprint density at radius 1 is 1.24 bits per heavy atom. The van der Waals surface area contributed by atoms with Crippen LogP contribution in [0.5, 0.6) is 0 Å². The van der Waals surface area contributed by atoms with Crippen molar-refractivity contribution in [3.8, 4) is 0 Å². The molecule has 0 aromatic carbocycles. The van der Waals surface area contributed by atoms with E-state index in [9.17, 15) is 0 Å². The molecule has 2 atom stereocenters. The molecule has 2 aliphatic heterocycles. The smallest absolute Gasteiger partial charge is 0.131 e. The summed E-state index contributed by atoms with van der Waals surface area (Å²) in [6, 6.07) is 1.93. The SMILES string of the molecule is Cc1ccnc(C[C@@H]2CC[C@H](CN3CCCOCC3)O2)n1. The summed E-state index contributed by atoms with van der Waals surface area (Å²) in [6.07, 6.45) is 6.70. The van der Waals surface area contributed by atoms with Crippen LogP contribution in [0.15, 0.2) is 12.3 Å². The largest absolute Gasteiger partial charge is 0.380 e. The van der Waals surface area contributed by atoms with Crippen molar-refractivity contribution in [2.45, 2.75) is 44.8 Å². The highest BCUT2D eigenvalue weighted by Gasteiger charge is 2.27. The summed E-state index contributed by atoms with van der Waals surface area (Å²) in [6.45, 7) is 6.96. The van der Waals surface area contributed by atoms with E-state index in [-0.39, 0.29) is 6.10 Å². The van der Waals surface area contributed by atoms with Crippen molar-refractivity contribution in [1.82, 2.24) is 14.9 Å². The molecule has 2 fully saturated rings. The van der Waals surface area contributed by atoms with E-state index in [0.29, 0.717) is 6.10 Å². The topological polar surface area (TPSA) is 47.5 Å². The van der Waals surface area contributed by atoms with E-state index in [1.54, 1.807) is 0 Å². The number of hydrogen-bond acceptors (Lipinski definition) is 5. The molecule has 116 valence electrons. The molecule has 3 rings (SSSR count). The molecule has 0 N–H and O–H groups in total. The molecule has 5 nitrogen and oxygen atoms in total. The molecule has 1 aromatic rings. The van der Waals surface area contributed by atoms with Gasteiger partial charge in [-0.05, 0) is 32.3 Å². The van der Waals surface area contributed by atoms with Crippen molar-refractivity contribution < 1.29 is 9.47 Å². The maximum Gasteiger partial charge on any atom is 0.131 e. The van der Waals surface area contributed by atoms with Crippen LogP contribution in [0.25, 0.3) is 0 Å². The maximum atomic E-state index is 6.19. The molecule has 1 aromatic heterocycles. The molecule has 2 aliphatic rings. The normalized spacial score (nSPS) is 27.7. The molecule has 0 unspecified atom stereocenters. The van der Waals surface area contributed by atoms with Crippen LogP contribution in [-0.2, 0) is 15.9 Å². The molecular formula is C16H25N3O2. The first kappa shape index (κ1) is 14.9. The van der Waals surface area contributed by atoms with Crippen molar-refractivity contribution in [2.24, 2.45) is 0 Å². The number of aryl methyl sites for hydroxylation is 1. The van der Waals surface area contributed by atoms with Crippen molar-refractivity contribution in [3.63, 3.8) is 0 Å². The van der Waals surface area contributed by atoms with E-state index < -0.39 is 0 Å². The standard InChI is InChI=1S/C16H25N3O2/c1-13-5-6-17-16(18-13)11-14-3-4-15(21-14)12-19-7-2-9-20-10-8-19/h5-6,14-15H,2-4,7-12H2,1H3/t14-,15+/m0/s1. The van der Waals surface area contributed by atoms with Gasteiger partial charge in [-0.1, -0.05) is 0 Å². The van der Waals surface area contributed by atoms with Crippen LogP contribution in [0.3, 0.4) is 0 Å². The number of aromatic nitrogens is 2. The molecule has 3 heterocycles. The summed E-state index contributed by atoms with van der Waals surface area (Å²) in [5.74, 6) is 0.906. The van der Waals surface area contributed by atoms with Crippen LogP contribution in [0.1, 0.15) is 30.8 Å². The fraction of sp³-hybridized carbons (Fsp3) is 0.750. The van der Waals surface area contributed by atoms with Crippen molar-refractivity contribution in [2.75, 3.05) is 32.8 Å². The third kappa shape index (κ3) is 4.46. The van der Waals surface area contributed by atoms with Crippen molar-refractivity contribution in [1.29, 1.82) is 0 Å². The molecule has 0 amide bonds. The maximum absolute atomic E-state index is 6.19. The lowest BCUT2D eigenvalue weighted by molar-refractivity contribution is 0.0220. The van der Waals surface area contributed by atoms with Gasteiger partial charge in [0.05, 0.1) is 18.8 Å². The molecular weight excluding hydrogens is 266 g/mol. The highest BCUT2D eigenvalue weighted by molar-refractivity contribution is 5.01. The summed E-state index contributed by atoms with van der Waals surface area (Å²) < 4.78 is 11.7. The monoisotopic (exact) mass is 291 g/mol. The first-order chi connectivity index (χ1) is 10.3. The zero-order chi connectivity index (χ0) is 14.5. The van der Waals surface area contributed by atoms with Gasteiger partial charge in [0.1, 0.15) is 5.82 Å². The predicted octanol–water partition coefficient (Wildman–Crippen LogP) is 1.60. The van der Waals surface area contributed by atoms with E-state index >= 15 is 0 Å². The number of nitrogens with zero attached hydrogens (tertiary/aromatic N) is 3. The molecule has 5 heteroatoms. The lowest BCUT2D eigenvalue weighted by Gasteiger charge is -2.23. The van der Waals surface area contributed by atoms with Crippen molar-refractivity contribution >= 4 is 0 Å². The second-order valence-corrected chi connectivity index (χ2v) is 6.04. The second-order valence-electron chi connectivity index (χ2n) is 6.04. The van der Waals surface area contributed by atoms with Gasteiger partial charge in [0.15, 0.2) is 0 Å². The Bertz CT molecular complexity index is 447. The average Bonchev–Trinajstić information content (AvgIpc) is 2.73. The third-order valence-electron chi connectivity index (χ3n) is 4.23. The highest BCUT2D eigenvalue weighted by Crippen LogP contribution is 2.23. The van der Waals surface area contributed by atoms with Crippen LogP contribution in [0, 0.1) is 6.92 Å². The second kappa shape index (κ2) is 7.29. The molecule has 0 radical (unpaired) electrons. The quantitative estimate of drug-likeness (QED) is 0.843. The van der Waals surface area contributed by atoms with E-state index in [4.69, 9.17) is 9.47 Å². The summed E-state index contributed by atoms with van der Waals surface area (Å²) in [5.41, 5.74) is 1.03. The van der Waals surface area contributed by atoms with Gasteiger partial charge >= 0.3 is 0 Å². The summed E-state index contributed by atoms with van der Waals surface area (Å²) in [7, 11) is 0. The Labute approximate surface area is 126 Å². The Balaban J connectivity index is 1.46. The first-order valence-electron chi connectivity index (χ1n) is 8.04. The lowest BCUT2D eigenvalue weighted by Crippen LogP contribution is -2.34. The predicted molar refractivity (Wildman–Crippen MR) is 80.2 cm³/mol. The molecule has 0 bridgehead atoms. The van der Waals surface area contributed by atoms with E-state index in [1.165, 1.54) is 0 Å². The molecule has 0 aliphatic carbocycles. The van der Waals surface area contributed by atoms with Gasteiger partial charge < -0.3 is 9.47 Å². The molecule has 0 spiro atoms. The van der Waals surface area contributed by atoms with E-state index in [1.807, 2.05) is 19.2 Å². The number of hydrogen-bond donors (Lipinski definition) is 0. The van der Waals surface area contributed by atoms with Gasteiger partial charge in [-0.25, -0.2) is 9.97 Å². The van der Waals surface area contributed by atoms with Crippen LogP contribution >= 0.6 is 0 Å². The first-order valence-corrected chi connectivity index (χ1v) is 8.04. The van der Waals surface area contributed by atoms with Crippen LogP contribution < -0.4 is 0 Å². The van der Waals surface area contributed by atoms with Crippen molar-refractivity contribution in [3.05, 3.63) is 23.8 Å². The minimum absolute atomic E-state index is 0.278. The Morgan fingerprint density at radius 2 is 2.14 bits per heavy atom. The van der Waals surface area contributed by atoms with E-state index in [2.05, 4.69) is 14.9 Å². The fourth-order valence-electron chi connectivity index (χ4n) is 3.14. The van der Waals surface area contributed by atoms with Gasteiger partial charge in [-0.15, -0.1) is 0 Å². The van der Waals surface area contributed by atoms with Crippen LogP contribution in [0.2, 0.25) is 0 Å². The summed E-state index contributed by atoms with van der Waals surface area (Å²) in [5, 5.41) is 0. The Morgan fingerprint density at radius 3 is 3.05 bits per heavy atom.